The van der Waals surface area contributed by atoms with Crippen LogP contribution in [0.4, 0.5) is 0 Å². The summed E-state index contributed by atoms with van der Waals surface area (Å²) in [6, 6.07) is 7.96. The summed E-state index contributed by atoms with van der Waals surface area (Å²) in [4.78, 5) is 4.70. The molecule has 0 aliphatic heterocycles. The second-order valence-corrected chi connectivity index (χ2v) is 6.05. The molecule has 0 bridgehead atoms. The topological polar surface area (TPSA) is 85.6 Å². The van der Waals surface area contributed by atoms with Crippen LogP contribution in [0, 0.1) is 6.92 Å². The third kappa shape index (κ3) is 7.63. The highest BCUT2D eigenvalue weighted by Gasteiger charge is 2.07. The molecule has 1 heterocycles. The number of guanidine groups is 1. The number of benzene rings is 1. The summed E-state index contributed by atoms with van der Waals surface area (Å²) in [5, 5.41) is 14.9. The van der Waals surface area contributed by atoms with E-state index in [-0.39, 0.29) is 24.0 Å². The van der Waals surface area contributed by atoms with Crippen LogP contribution in [0.3, 0.4) is 0 Å². The van der Waals surface area contributed by atoms with Gasteiger partial charge in [0, 0.05) is 32.9 Å². The second kappa shape index (κ2) is 13.3. The molecule has 0 saturated heterocycles. The molecule has 0 spiro atoms. The molecule has 0 saturated carbocycles. The average molecular weight is 502 g/mol. The van der Waals surface area contributed by atoms with Gasteiger partial charge in [0.2, 0.25) is 0 Å². The van der Waals surface area contributed by atoms with Crippen LogP contribution in [-0.2, 0) is 24.9 Å². The molecule has 28 heavy (non-hydrogen) atoms. The zero-order chi connectivity index (χ0) is 19.5. The van der Waals surface area contributed by atoms with Crippen LogP contribution in [-0.4, -0.2) is 47.6 Å². The molecule has 0 fully saturated rings. The third-order valence-electron chi connectivity index (χ3n) is 4.09. The zero-order valence-corrected chi connectivity index (χ0v) is 19.4. The lowest BCUT2D eigenvalue weighted by Crippen LogP contribution is -2.38. The molecule has 0 aliphatic rings. The number of rotatable bonds is 10. The van der Waals surface area contributed by atoms with Crippen molar-refractivity contribution in [1.82, 2.24) is 25.4 Å². The van der Waals surface area contributed by atoms with E-state index in [9.17, 15) is 0 Å². The maximum atomic E-state index is 5.68. The highest BCUT2D eigenvalue weighted by molar-refractivity contribution is 14.0. The third-order valence-corrected chi connectivity index (χ3v) is 4.09. The number of methoxy groups -OCH3 is 1. The predicted molar refractivity (Wildman–Crippen MR) is 121 cm³/mol. The van der Waals surface area contributed by atoms with Crippen molar-refractivity contribution in [2.75, 3.05) is 26.9 Å². The first kappa shape index (κ1) is 24.2. The first-order valence-corrected chi connectivity index (χ1v) is 9.22. The van der Waals surface area contributed by atoms with Crippen molar-refractivity contribution in [1.29, 1.82) is 0 Å². The van der Waals surface area contributed by atoms with Crippen molar-refractivity contribution >= 4 is 29.9 Å². The van der Waals surface area contributed by atoms with Gasteiger partial charge in [-0.05, 0) is 26.3 Å². The van der Waals surface area contributed by atoms with Crippen LogP contribution in [0.1, 0.15) is 30.6 Å². The molecular weight excluding hydrogens is 471 g/mol. The van der Waals surface area contributed by atoms with Crippen molar-refractivity contribution in [3.8, 4) is 5.75 Å². The van der Waals surface area contributed by atoms with Gasteiger partial charge in [-0.15, -0.1) is 34.2 Å². The maximum absolute atomic E-state index is 5.68. The molecule has 1 aromatic carbocycles. The molecule has 2 rings (SSSR count). The van der Waals surface area contributed by atoms with Crippen molar-refractivity contribution in [3.63, 3.8) is 0 Å². The van der Waals surface area contributed by atoms with Gasteiger partial charge >= 0.3 is 0 Å². The largest absolute Gasteiger partial charge is 0.494 e. The first-order chi connectivity index (χ1) is 13.2. The van der Waals surface area contributed by atoms with Crippen molar-refractivity contribution in [3.05, 3.63) is 41.5 Å². The van der Waals surface area contributed by atoms with Crippen LogP contribution < -0.4 is 15.4 Å². The number of para-hydroxylation sites is 1. The average Bonchev–Trinajstić information content (AvgIpc) is 3.00. The fraction of sp³-hybridized carbons (Fsp3) is 0.526. The van der Waals surface area contributed by atoms with E-state index in [0.717, 1.165) is 41.9 Å². The van der Waals surface area contributed by atoms with Crippen molar-refractivity contribution in [2.45, 2.75) is 33.4 Å². The van der Waals surface area contributed by atoms with Gasteiger partial charge in [0.05, 0.1) is 19.7 Å². The molecule has 8 nitrogen and oxygen atoms in total. The molecule has 0 atom stereocenters. The minimum atomic E-state index is 0. The molecule has 0 aliphatic carbocycles. The number of halogens is 1. The van der Waals surface area contributed by atoms with Gasteiger partial charge in [-0.3, -0.25) is 0 Å². The van der Waals surface area contributed by atoms with Gasteiger partial charge < -0.3 is 24.7 Å². The summed E-state index contributed by atoms with van der Waals surface area (Å²) >= 11 is 0. The minimum absolute atomic E-state index is 0. The normalized spacial score (nSPS) is 11.1. The summed E-state index contributed by atoms with van der Waals surface area (Å²) in [5.41, 5.74) is 1.05. The Morgan fingerprint density at radius 2 is 2.00 bits per heavy atom. The van der Waals surface area contributed by atoms with E-state index >= 15 is 0 Å². The Morgan fingerprint density at radius 3 is 2.68 bits per heavy atom. The minimum Gasteiger partial charge on any atom is -0.494 e. The number of aryl methyl sites for hydroxylation is 1. The molecule has 0 amide bonds. The molecule has 0 radical (unpaired) electrons. The van der Waals surface area contributed by atoms with E-state index in [1.807, 2.05) is 49.7 Å². The van der Waals surface area contributed by atoms with Crippen LogP contribution >= 0.6 is 24.0 Å². The van der Waals surface area contributed by atoms with Crippen LogP contribution in [0.5, 0.6) is 5.75 Å². The second-order valence-electron chi connectivity index (χ2n) is 6.05. The smallest absolute Gasteiger partial charge is 0.191 e. The van der Waals surface area contributed by atoms with E-state index in [1.54, 1.807) is 7.11 Å². The quantitative estimate of drug-likeness (QED) is 0.225. The van der Waals surface area contributed by atoms with Crippen molar-refractivity contribution in [2.24, 2.45) is 12.0 Å². The maximum Gasteiger partial charge on any atom is 0.191 e. The van der Waals surface area contributed by atoms with E-state index in [1.165, 1.54) is 0 Å². The Hall–Kier alpha value is -1.88. The highest BCUT2D eigenvalue weighted by atomic mass is 127. The number of hydrogen-bond donors (Lipinski definition) is 2. The van der Waals surface area contributed by atoms with Gasteiger partial charge in [0.25, 0.3) is 0 Å². The summed E-state index contributed by atoms with van der Waals surface area (Å²) in [6.07, 6.45) is 0.899. The number of aliphatic imine (C=N–C) groups is 1. The number of hydrogen-bond acceptors (Lipinski definition) is 5. The lowest BCUT2D eigenvalue weighted by Gasteiger charge is -2.13. The standard InChI is InChI=1S/C19H30N6O2.HI/c1-5-27-17-10-7-6-9-16(17)13-21-19(20-11-8-12-26-4)22-14-18-24-23-15(2)25(18)3;/h6-7,9-10H,5,8,11-14H2,1-4H3,(H2,20,21,22);1H. The Balaban J connectivity index is 0.00000392. The van der Waals surface area contributed by atoms with Gasteiger partial charge in [0.1, 0.15) is 11.6 Å². The molecule has 156 valence electrons. The monoisotopic (exact) mass is 502 g/mol. The van der Waals surface area contributed by atoms with E-state index < -0.39 is 0 Å². The van der Waals surface area contributed by atoms with Crippen molar-refractivity contribution < 1.29 is 9.47 Å². The highest BCUT2D eigenvalue weighted by Crippen LogP contribution is 2.18. The summed E-state index contributed by atoms with van der Waals surface area (Å²) < 4.78 is 12.7. The fourth-order valence-electron chi connectivity index (χ4n) is 2.46. The number of ether oxygens (including phenoxy) is 2. The Labute approximate surface area is 184 Å². The molecule has 2 aromatic rings. The van der Waals surface area contributed by atoms with Gasteiger partial charge in [0.15, 0.2) is 11.8 Å². The van der Waals surface area contributed by atoms with Gasteiger partial charge in [-0.1, -0.05) is 18.2 Å². The first-order valence-electron chi connectivity index (χ1n) is 9.22. The lowest BCUT2D eigenvalue weighted by atomic mass is 10.2. The molecular formula is C19H31IN6O2. The SMILES string of the molecule is CCOc1ccccc1CN=C(NCCCOC)NCc1nnc(C)n1C.I. The van der Waals surface area contributed by atoms with E-state index in [0.29, 0.717) is 26.3 Å². The molecule has 1 aromatic heterocycles. The van der Waals surface area contributed by atoms with Crippen LogP contribution in [0.15, 0.2) is 29.3 Å². The van der Waals surface area contributed by atoms with E-state index in [2.05, 4.69) is 20.8 Å². The number of aromatic nitrogens is 3. The molecule has 9 heteroatoms. The Morgan fingerprint density at radius 1 is 1.21 bits per heavy atom. The van der Waals surface area contributed by atoms with Crippen LogP contribution in [0.2, 0.25) is 0 Å². The number of nitrogens with one attached hydrogen (secondary N) is 2. The van der Waals surface area contributed by atoms with Gasteiger partial charge in [-0.25, -0.2) is 4.99 Å². The lowest BCUT2D eigenvalue weighted by molar-refractivity contribution is 0.195. The fourth-order valence-corrected chi connectivity index (χ4v) is 2.46. The Kier molecular flexibility index (Phi) is 11.5. The molecule has 0 unspecified atom stereocenters. The number of nitrogens with zero attached hydrogens (tertiary/aromatic N) is 4. The predicted octanol–water partition coefficient (Wildman–Crippen LogP) is 2.41. The molecule has 2 N–H and O–H groups in total. The summed E-state index contributed by atoms with van der Waals surface area (Å²) in [6.45, 7) is 7.08. The van der Waals surface area contributed by atoms with Gasteiger partial charge in [-0.2, -0.15) is 0 Å². The Bertz CT molecular complexity index is 735. The van der Waals surface area contributed by atoms with Crippen LogP contribution in [0.25, 0.3) is 0 Å². The summed E-state index contributed by atoms with van der Waals surface area (Å²) in [7, 11) is 3.65. The zero-order valence-electron chi connectivity index (χ0n) is 17.1. The van der Waals surface area contributed by atoms with E-state index in [4.69, 9.17) is 14.5 Å². The summed E-state index contributed by atoms with van der Waals surface area (Å²) in [5.74, 6) is 3.32.